The van der Waals surface area contributed by atoms with Crippen LogP contribution in [-0.4, -0.2) is 49.6 Å². The molecule has 0 spiro atoms. The van der Waals surface area contributed by atoms with Crippen molar-refractivity contribution in [2.24, 2.45) is 0 Å². The molecule has 2 heterocycles. The SMILES string of the molecule is CC(NC(=O)c1c(N2CCOCC2)noc1-c1ccccc1)C(F)(F)F. The molecule has 6 nitrogen and oxygen atoms in total. The van der Waals surface area contributed by atoms with Crippen LogP contribution in [0, 0.1) is 0 Å². The van der Waals surface area contributed by atoms with Gasteiger partial charge in [0.25, 0.3) is 5.91 Å². The topological polar surface area (TPSA) is 67.6 Å². The third-order valence-electron chi connectivity index (χ3n) is 4.09. The Labute approximate surface area is 147 Å². The molecule has 2 aromatic rings. The largest absolute Gasteiger partial charge is 0.408 e. The van der Waals surface area contributed by atoms with Crippen LogP contribution in [0.4, 0.5) is 19.0 Å². The number of nitrogens with one attached hydrogen (secondary N) is 1. The Balaban J connectivity index is 1.98. The molecule has 1 aliphatic rings. The molecule has 26 heavy (non-hydrogen) atoms. The van der Waals surface area contributed by atoms with Gasteiger partial charge in [-0.25, -0.2) is 0 Å². The average Bonchev–Trinajstić information content (AvgIpc) is 3.07. The number of rotatable bonds is 4. The number of ether oxygens (including phenoxy) is 1. The maximum atomic E-state index is 12.8. The number of benzene rings is 1. The van der Waals surface area contributed by atoms with Crippen molar-refractivity contribution in [3.05, 3.63) is 35.9 Å². The van der Waals surface area contributed by atoms with Crippen molar-refractivity contribution in [3.63, 3.8) is 0 Å². The van der Waals surface area contributed by atoms with Gasteiger partial charge in [-0.3, -0.25) is 4.79 Å². The van der Waals surface area contributed by atoms with E-state index in [2.05, 4.69) is 5.16 Å². The maximum Gasteiger partial charge on any atom is 0.408 e. The van der Waals surface area contributed by atoms with Gasteiger partial charge in [0, 0.05) is 18.7 Å². The minimum absolute atomic E-state index is 0.00537. The molecule has 140 valence electrons. The average molecular weight is 369 g/mol. The van der Waals surface area contributed by atoms with Gasteiger partial charge < -0.3 is 19.5 Å². The molecule has 1 N–H and O–H groups in total. The molecule has 0 radical (unpaired) electrons. The highest BCUT2D eigenvalue weighted by Crippen LogP contribution is 2.32. The fraction of sp³-hybridized carbons (Fsp3) is 0.412. The first kappa shape index (κ1) is 18.2. The monoisotopic (exact) mass is 369 g/mol. The summed E-state index contributed by atoms with van der Waals surface area (Å²) in [5.41, 5.74) is 0.554. The van der Waals surface area contributed by atoms with Crippen LogP contribution >= 0.6 is 0 Å². The second-order valence-corrected chi connectivity index (χ2v) is 5.91. The summed E-state index contributed by atoms with van der Waals surface area (Å²) in [5, 5.41) is 5.95. The highest BCUT2D eigenvalue weighted by atomic mass is 19.4. The molecule has 1 fully saturated rings. The number of carbonyl (C=O) groups is 1. The van der Waals surface area contributed by atoms with E-state index in [0.717, 1.165) is 6.92 Å². The maximum absolute atomic E-state index is 12.8. The molecule has 1 aromatic heterocycles. The summed E-state index contributed by atoms with van der Waals surface area (Å²) in [7, 11) is 0. The van der Waals surface area contributed by atoms with Crippen LogP contribution < -0.4 is 10.2 Å². The van der Waals surface area contributed by atoms with Crippen LogP contribution in [0.1, 0.15) is 17.3 Å². The van der Waals surface area contributed by atoms with Crippen LogP contribution in [-0.2, 0) is 4.74 Å². The summed E-state index contributed by atoms with van der Waals surface area (Å²) < 4.78 is 49.2. The summed E-state index contributed by atoms with van der Waals surface area (Å²) in [5.74, 6) is -0.519. The molecule has 1 aromatic carbocycles. The van der Waals surface area contributed by atoms with Gasteiger partial charge in [-0.2, -0.15) is 13.2 Å². The van der Waals surface area contributed by atoms with E-state index in [1.807, 2.05) is 5.32 Å². The summed E-state index contributed by atoms with van der Waals surface area (Å²) >= 11 is 0. The Morgan fingerprint density at radius 3 is 2.50 bits per heavy atom. The van der Waals surface area contributed by atoms with Crippen LogP contribution in [0.2, 0.25) is 0 Å². The normalized spacial score (nSPS) is 16.4. The van der Waals surface area contributed by atoms with E-state index in [1.165, 1.54) is 0 Å². The highest BCUT2D eigenvalue weighted by Gasteiger charge is 2.39. The van der Waals surface area contributed by atoms with Crippen LogP contribution in [0.3, 0.4) is 0 Å². The number of aromatic nitrogens is 1. The van der Waals surface area contributed by atoms with Crippen molar-refractivity contribution < 1.29 is 27.2 Å². The second kappa shape index (κ2) is 7.36. The van der Waals surface area contributed by atoms with E-state index in [0.29, 0.717) is 31.9 Å². The van der Waals surface area contributed by atoms with Gasteiger partial charge in [-0.05, 0) is 6.92 Å². The minimum atomic E-state index is -4.54. The van der Waals surface area contributed by atoms with Crippen LogP contribution in [0.5, 0.6) is 0 Å². The lowest BCUT2D eigenvalue weighted by atomic mass is 10.1. The van der Waals surface area contributed by atoms with E-state index in [-0.39, 0.29) is 17.1 Å². The smallest absolute Gasteiger partial charge is 0.378 e. The lowest BCUT2D eigenvalue weighted by Crippen LogP contribution is -2.44. The molecule has 0 bridgehead atoms. The van der Waals surface area contributed by atoms with Crippen molar-refractivity contribution in [2.75, 3.05) is 31.2 Å². The summed E-state index contributed by atoms with van der Waals surface area (Å²) in [6.45, 7) is 2.70. The van der Waals surface area contributed by atoms with Crippen molar-refractivity contribution in [2.45, 2.75) is 19.1 Å². The minimum Gasteiger partial charge on any atom is -0.378 e. The molecule has 0 saturated carbocycles. The van der Waals surface area contributed by atoms with Gasteiger partial charge in [0.1, 0.15) is 11.6 Å². The number of hydrogen-bond acceptors (Lipinski definition) is 5. The third kappa shape index (κ3) is 3.82. The molecular weight excluding hydrogens is 351 g/mol. The Bertz CT molecular complexity index is 756. The van der Waals surface area contributed by atoms with E-state index in [4.69, 9.17) is 9.26 Å². The summed E-state index contributed by atoms with van der Waals surface area (Å²) in [4.78, 5) is 14.4. The number of anilines is 1. The lowest BCUT2D eigenvalue weighted by Gasteiger charge is -2.27. The van der Waals surface area contributed by atoms with Crippen LogP contribution in [0.25, 0.3) is 11.3 Å². The van der Waals surface area contributed by atoms with E-state index in [9.17, 15) is 18.0 Å². The number of morpholine rings is 1. The van der Waals surface area contributed by atoms with Crippen molar-refractivity contribution in [1.82, 2.24) is 10.5 Å². The number of hydrogen-bond donors (Lipinski definition) is 1. The first-order valence-electron chi connectivity index (χ1n) is 8.13. The van der Waals surface area contributed by atoms with Gasteiger partial charge in [0.2, 0.25) is 0 Å². The predicted molar refractivity (Wildman–Crippen MR) is 88.0 cm³/mol. The molecule has 1 atom stereocenters. The van der Waals surface area contributed by atoms with Crippen molar-refractivity contribution in [1.29, 1.82) is 0 Å². The molecule has 1 aliphatic heterocycles. The predicted octanol–water partition coefficient (Wildman–Crippen LogP) is 2.86. The Kier molecular flexibility index (Phi) is 5.17. The highest BCUT2D eigenvalue weighted by molar-refractivity contribution is 6.04. The number of halogens is 3. The Morgan fingerprint density at radius 1 is 1.23 bits per heavy atom. The summed E-state index contributed by atoms with van der Waals surface area (Å²) in [6, 6.07) is 6.68. The lowest BCUT2D eigenvalue weighted by molar-refractivity contribution is -0.149. The Hall–Kier alpha value is -2.55. The zero-order valence-corrected chi connectivity index (χ0v) is 14.0. The number of carbonyl (C=O) groups excluding carboxylic acids is 1. The van der Waals surface area contributed by atoms with Gasteiger partial charge in [-0.15, -0.1) is 0 Å². The Morgan fingerprint density at radius 2 is 1.88 bits per heavy atom. The molecule has 1 saturated heterocycles. The van der Waals surface area contributed by atoms with Crippen molar-refractivity contribution in [3.8, 4) is 11.3 Å². The number of alkyl halides is 3. The molecule has 1 amide bonds. The molecule has 1 unspecified atom stereocenters. The van der Waals surface area contributed by atoms with Gasteiger partial charge in [-0.1, -0.05) is 35.5 Å². The van der Waals surface area contributed by atoms with Gasteiger partial charge >= 0.3 is 6.18 Å². The fourth-order valence-electron chi connectivity index (χ4n) is 2.61. The standard InChI is InChI=1S/C17H18F3N3O3/c1-11(17(18,19)20)21-16(24)13-14(12-5-3-2-4-6-12)26-22-15(13)23-7-9-25-10-8-23/h2-6,11H,7-10H2,1H3,(H,21,24). The third-order valence-corrected chi connectivity index (χ3v) is 4.09. The van der Waals surface area contributed by atoms with Crippen molar-refractivity contribution >= 4 is 11.7 Å². The quantitative estimate of drug-likeness (QED) is 0.898. The molecular formula is C17H18F3N3O3. The van der Waals surface area contributed by atoms with E-state index in [1.54, 1.807) is 35.2 Å². The zero-order valence-electron chi connectivity index (χ0n) is 14.0. The molecule has 3 rings (SSSR count). The van der Waals surface area contributed by atoms with Gasteiger partial charge in [0.15, 0.2) is 11.6 Å². The molecule has 9 heteroatoms. The number of nitrogens with zero attached hydrogens (tertiary/aromatic N) is 2. The number of amides is 1. The fourth-order valence-corrected chi connectivity index (χ4v) is 2.61. The second-order valence-electron chi connectivity index (χ2n) is 5.91. The first-order valence-corrected chi connectivity index (χ1v) is 8.13. The van der Waals surface area contributed by atoms with Gasteiger partial charge in [0.05, 0.1) is 13.2 Å². The van der Waals surface area contributed by atoms with E-state index < -0.39 is 18.1 Å². The van der Waals surface area contributed by atoms with E-state index >= 15 is 0 Å². The molecule has 0 aliphatic carbocycles. The van der Waals surface area contributed by atoms with Crippen LogP contribution in [0.15, 0.2) is 34.9 Å². The zero-order chi connectivity index (χ0) is 18.7. The first-order chi connectivity index (χ1) is 12.4. The summed E-state index contributed by atoms with van der Waals surface area (Å²) in [6.07, 6.45) is -4.54.